The van der Waals surface area contributed by atoms with Crippen LogP contribution in [-0.4, -0.2) is 16.6 Å². The molecule has 1 unspecified atom stereocenters. The van der Waals surface area contributed by atoms with E-state index in [9.17, 15) is 0 Å². The fourth-order valence-corrected chi connectivity index (χ4v) is 2.22. The Labute approximate surface area is 115 Å². The summed E-state index contributed by atoms with van der Waals surface area (Å²) >= 11 is 5.24. The first kappa shape index (κ1) is 15.3. The van der Waals surface area contributed by atoms with E-state index < -0.39 is 0 Å². The van der Waals surface area contributed by atoms with Crippen LogP contribution in [-0.2, 0) is 11.2 Å². The van der Waals surface area contributed by atoms with Crippen molar-refractivity contribution < 1.29 is 4.74 Å². The van der Waals surface area contributed by atoms with Crippen LogP contribution in [0.5, 0.6) is 0 Å². The van der Waals surface area contributed by atoms with E-state index in [2.05, 4.69) is 37.7 Å². The zero-order chi connectivity index (χ0) is 13.7. The number of nitrogens with zero attached hydrogens (tertiary/aromatic N) is 1. The van der Waals surface area contributed by atoms with Crippen LogP contribution in [0.4, 0.5) is 0 Å². The van der Waals surface area contributed by atoms with Crippen molar-refractivity contribution >= 4 is 12.2 Å². The van der Waals surface area contributed by atoms with Crippen LogP contribution in [0.25, 0.3) is 0 Å². The summed E-state index contributed by atoms with van der Waals surface area (Å²) in [5.74, 6) is 1.82. The second-order valence-corrected chi connectivity index (χ2v) is 5.77. The lowest BCUT2D eigenvalue weighted by molar-refractivity contribution is 0.0229. The van der Waals surface area contributed by atoms with Crippen molar-refractivity contribution in [2.75, 3.05) is 6.61 Å². The summed E-state index contributed by atoms with van der Waals surface area (Å²) in [5, 5.41) is 0. The van der Waals surface area contributed by atoms with Gasteiger partial charge in [0.2, 0.25) is 0 Å². The van der Waals surface area contributed by atoms with E-state index in [1.165, 1.54) is 0 Å². The lowest BCUT2D eigenvalue weighted by Crippen LogP contribution is -2.16. The fraction of sp³-hybridized carbons (Fsp3) is 0.714. The zero-order valence-corrected chi connectivity index (χ0v) is 12.8. The van der Waals surface area contributed by atoms with Crippen LogP contribution < -0.4 is 0 Å². The third kappa shape index (κ3) is 4.50. The van der Waals surface area contributed by atoms with Gasteiger partial charge in [-0.1, -0.05) is 39.9 Å². The summed E-state index contributed by atoms with van der Waals surface area (Å²) in [7, 11) is 0. The van der Waals surface area contributed by atoms with Crippen molar-refractivity contribution in [3.8, 4) is 0 Å². The molecule has 0 saturated carbocycles. The highest BCUT2D eigenvalue weighted by molar-refractivity contribution is 7.71. The zero-order valence-electron chi connectivity index (χ0n) is 12.0. The van der Waals surface area contributed by atoms with Crippen molar-refractivity contribution in [3.63, 3.8) is 0 Å². The molecule has 0 saturated heterocycles. The maximum atomic E-state index is 5.76. The van der Waals surface area contributed by atoms with Crippen LogP contribution >= 0.6 is 12.2 Å². The van der Waals surface area contributed by atoms with Gasteiger partial charge in [-0.25, -0.2) is 4.98 Å². The minimum atomic E-state index is -0.0104. The predicted molar refractivity (Wildman–Crippen MR) is 77.2 cm³/mol. The minimum Gasteiger partial charge on any atom is -0.370 e. The number of aromatic amines is 1. The van der Waals surface area contributed by atoms with Crippen molar-refractivity contribution in [3.05, 3.63) is 22.2 Å². The molecule has 102 valence electrons. The molecule has 0 bridgehead atoms. The molecular weight excluding hydrogens is 244 g/mol. The van der Waals surface area contributed by atoms with Gasteiger partial charge in [-0.2, -0.15) is 0 Å². The molecule has 0 aliphatic rings. The van der Waals surface area contributed by atoms with Gasteiger partial charge in [0.1, 0.15) is 16.6 Å². The molecule has 1 aromatic heterocycles. The first-order valence-electron chi connectivity index (χ1n) is 6.65. The first-order chi connectivity index (χ1) is 8.43. The van der Waals surface area contributed by atoms with E-state index in [0.29, 0.717) is 23.1 Å². The molecule has 0 radical (unpaired) electrons. The monoisotopic (exact) mass is 268 g/mol. The van der Waals surface area contributed by atoms with Crippen LogP contribution in [0.1, 0.15) is 52.2 Å². The molecule has 18 heavy (non-hydrogen) atoms. The van der Waals surface area contributed by atoms with Crippen LogP contribution in [0.3, 0.4) is 0 Å². The molecule has 0 fully saturated rings. The van der Waals surface area contributed by atoms with Crippen LogP contribution in [0.2, 0.25) is 0 Å². The smallest absolute Gasteiger partial charge is 0.137 e. The SMILES string of the molecule is CCOC(c1nc(=S)cc(CC(C)C)[nH]1)C(C)C. The molecule has 0 amide bonds. The third-order valence-electron chi connectivity index (χ3n) is 2.67. The summed E-state index contributed by atoms with van der Waals surface area (Å²) in [4.78, 5) is 7.80. The molecule has 0 aromatic carbocycles. The van der Waals surface area contributed by atoms with Gasteiger partial charge >= 0.3 is 0 Å². The second kappa shape index (κ2) is 7.00. The number of H-pyrrole nitrogens is 1. The van der Waals surface area contributed by atoms with Gasteiger partial charge < -0.3 is 9.72 Å². The number of nitrogens with one attached hydrogen (secondary N) is 1. The maximum Gasteiger partial charge on any atom is 0.137 e. The molecule has 0 spiro atoms. The quantitative estimate of drug-likeness (QED) is 0.790. The highest BCUT2D eigenvalue weighted by Gasteiger charge is 2.18. The largest absolute Gasteiger partial charge is 0.370 e. The van der Waals surface area contributed by atoms with Crippen molar-refractivity contribution in [1.82, 2.24) is 9.97 Å². The lowest BCUT2D eigenvalue weighted by atomic mass is 10.1. The van der Waals surface area contributed by atoms with Crippen molar-refractivity contribution in [2.45, 2.75) is 47.1 Å². The lowest BCUT2D eigenvalue weighted by Gasteiger charge is -2.20. The Bertz CT molecular complexity index is 426. The van der Waals surface area contributed by atoms with Crippen molar-refractivity contribution in [2.24, 2.45) is 11.8 Å². The number of rotatable bonds is 6. The summed E-state index contributed by atoms with van der Waals surface area (Å²) in [6.45, 7) is 11.3. The highest BCUT2D eigenvalue weighted by Crippen LogP contribution is 2.23. The van der Waals surface area contributed by atoms with Crippen molar-refractivity contribution in [1.29, 1.82) is 0 Å². The molecule has 1 atom stereocenters. The van der Waals surface area contributed by atoms with Crippen LogP contribution in [0, 0.1) is 16.5 Å². The Morgan fingerprint density at radius 3 is 2.50 bits per heavy atom. The number of ether oxygens (including phenoxy) is 1. The average Bonchev–Trinajstić information content (AvgIpc) is 2.23. The second-order valence-electron chi connectivity index (χ2n) is 5.35. The molecule has 4 heteroatoms. The maximum absolute atomic E-state index is 5.76. The summed E-state index contributed by atoms with van der Waals surface area (Å²) < 4.78 is 6.41. The van der Waals surface area contributed by atoms with Gasteiger partial charge in [0.25, 0.3) is 0 Å². The number of hydrogen-bond acceptors (Lipinski definition) is 3. The van der Waals surface area contributed by atoms with Gasteiger partial charge in [-0.15, -0.1) is 0 Å². The van der Waals surface area contributed by atoms with E-state index >= 15 is 0 Å². The molecule has 3 nitrogen and oxygen atoms in total. The Morgan fingerprint density at radius 2 is 2.00 bits per heavy atom. The van der Waals surface area contributed by atoms with Gasteiger partial charge in [0.05, 0.1) is 0 Å². The highest BCUT2D eigenvalue weighted by atomic mass is 32.1. The molecule has 1 rings (SSSR count). The van der Waals surface area contributed by atoms with E-state index in [0.717, 1.165) is 17.9 Å². The molecule has 1 N–H and O–H groups in total. The molecule has 0 aliphatic carbocycles. The van der Waals surface area contributed by atoms with Crippen LogP contribution in [0.15, 0.2) is 6.07 Å². The topological polar surface area (TPSA) is 37.9 Å². The number of aromatic nitrogens is 2. The van der Waals surface area contributed by atoms with E-state index in [-0.39, 0.29) is 6.10 Å². The number of hydrogen-bond donors (Lipinski definition) is 1. The molecule has 1 heterocycles. The first-order valence-corrected chi connectivity index (χ1v) is 7.06. The van der Waals surface area contributed by atoms with E-state index in [4.69, 9.17) is 17.0 Å². The van der Waals surface area contributed by atoms with Gasteiger partial charge in [0, 0.05) is 12.3 Å². The fourth-order valence-electron chi connectivity index (χ4n) is 1.98. The normalized spacial score (nSPS) is 13.3. The summed E-state index contributed by atoms with van der Waals surface area (Å²) in [6.07, 6.45) is 0.972. The molecule has 1 aromatic rings. The molecule has 0 aliphatic heterocycles. The average molecular weight is 268 g/mol. The third-order valence-corrected chi connectivity index (χ3v) is 2.88. The standard InChI is InChI=1S/C14H24N2OS/c1-6-17-13(10(4)5)14-15-11(7-9(2)3)8-12(18)16-14/h8-10,13H,6-7H2,1-5H3,(H,15,16,18). The van der Waals surface area contributed by atoms with Gasteiger partial charge in [-0.05, 0) is 31.2 Å². The van der Waals surface area contributed by atoms with E-state index in [1.54, 1.807) is 0 Å². The van der Waals surface area contributed by atoms with Gasteiger partial charge in [-0.3, -0.25) is 0 Å². The predicted octanol–water partition coefficient (Wildman–Crippen LogP) is 4.07. The Morgan fingerprint density at radius 1 is 1.33 bits per heavy atom. The minimum absolute atomic E-state index is 0.0104. The Hall–Kier alpha value is -0.740. The van der Waals surface area contributed by atoms with E-state index in [1.807, 2.05) is 13.0 Å². The van der Waals surface area contributed by atoms with Gasteiger partial charge in [0.15, 0.2) is 0 Å². The Kier molecular flexibility index (Phi) is 5.96. The summed E-state index contributed by atoms with van der Waals surface area (Å²) in [6, 6.07) is 1.95. The summed E-state index contributed by atoms with van der Waals surface area (Å²) in [5.41, 5.74) is 1.14. The molecular formula is C14H24N2OS. The Balaban J connectivity index is 3.06.